The molecule has 10 aromatic carbocycles. The Bertz CT molecular complexity index is 2930. The minimum absolute atomic E-state index is 1.10. The van der Waals surface area contributed by atoms with Gasteiger partial charge in [-0.05, 0) is 101 Å². The summed E-state index contributed by atoms with van der Waals surface area (Å²) < 4.78 is 0. The van der Waals surface area contributed by atoms with E-state index in [0.29, 0.717) is 0 Å². The maximum absolute atomic E-state index is 2.41. The molecule has 0 heterocycles. The van der Waals surface area contributed by atoms with E-state index in [4.69, 9.17) is 0 Å². The highest BCUT2D eigenvalue weighted by Crippen LogP contribution is 2.46. The highest BCUT2D eigenvalue weighted by molar-refractivity contribution is 6.21. The van der Waals surface area contributed by atoms with Gasteiger partial charge in [-0.15, -0.1) is 0 Å². The Labute approximate surface area is 309 Å². The van der Waals surface area contributed by atoms with Crippen LogP contribution in [0, 0.1) is 0 Å². The number of benzene rings is 10. The molecule has 248 valence electrons. The molecule has 1 heteroatoms. The summed E-state index contributed by atoms with van der Waals surface area (Å²) in [5, 5.41) is 10.1. The maximum atomic E-state index is 2.41. The molecule has 0 radical (unpaired) electrons. The van der Waals surface area contributed by atoms with Gasteiger partial charge in [0.1, 0.15) is 0 Å². The van der Waals surface area contributed by atoms with E-state index in [1.807, 2.05) is 0 Å². The number of hydrogen-bond acceptors (Lipinski definition) is 1. The van der Waals surface area contributed by atoms with E-state index >= 15 is 0 Å². The molecular formula is C52H35N. The Morgan fingerprint density at radius 2 is 0.736 bits per heavy atom. The minimum atomic E-state index is 1.10. The number of anilines is 3. The third kappa shape index (κ3) is 5.34. The van der Waals surface area contributed by atoms with Crippen LogP contribution in [0.4, 0.5) is 17.1 Å². The topological polar surface area (TPSA) is 3.24 Å². The van der Waals surface area contributed by atoms with Gasteiger partial charge in [0, 0.05) is 16.9 Å². The largest absolute Gasteiger partial charge is 0.310 e. The van der Waals surface area contributed by atoms with Crippen molar-refractivity contribution in [1.82, 2.24) is 0 Å². The number of fused-ring (bicyclic) bond motifs is 6. The highest BCUT2D eigenvalue weighted by Gasteiger charge is 2.20. The second kappa shape index (κ2) is 13.0. The van der Waals surface area contributed by atoms with Crippen molar-refractivity contribution >= 4 is 60.2 Å². The molecular weight excluding hydrogens is 639 g/mol. The van der Waals surface area contributed by atoms with E-state index in [0.717, 1.165) is 17.1 Å². The highest BCUT2D eigenvalue weighted by atomic mass is 15.1. The molecule has 0 spiro atoms. The number of para-hydroxylation sites is 1. The molecule has 0 unspecified atom stereocenters. The standard InChI is InChI=1S/C52H35N/c1-3-15-36(16-4-1)45-21-13-14-26-50(45)53(42-33-34-44-40(35-42)28-27-37-17-7-8-20-43(37)44)41-31-29-39(30-32-41)52-49-25-12-10-23-47(49)46-22-9-11-24-48(46)51(52)38-18-5-2-6-19-38/h1-35H. The van der Waals surface area contributed by atoms with Crippen LogP contribution in [-0.4, -0.2) is 0 Å². The summed E-state index contributed by atoms with van der Waals surface area (Å²) in [6, 6.07) is 77.2. The molecule has 0 bridgehead atoms. The first-order valence-corrected chi connectivity index (χ1v) is 18.3. The van der Waals surface area contributed by atoms with Gasteiger partial charge < -0.3 is 4.90 Å². The second-order valence-electron chi connectivity index (χ2n) is 13.7. The van der Waals surface area contributed by atoms with Gasteiger partial charge in [0.2, 0.25) is 0 Å². The van der Waals surface area contributed by atoms with Crippen molar-refractivity contribution in [3.63, 3.8) is 0 Å². The summed E-state index contributed by atoms with van der Waals surface area (Å²) in [6.45, 7) is 0. The summed E-state index contributed by atoms with van der Waals surface area (Å²) in [4.78, 5) is 2.41. The molecule has 0 saturated heterocycles. The van der Waals surface area contributed by atoms with Crippen molar-refractivity contribution in [2.45, 2.75) is 0 Å². The average Bonchev–Trinajstić information content (AvgIpc) is 3.24. The van der Waals surface area contributed by atoms with Gasteiger partial charge >= 0.3 is 0 Å². The van der Waals surface area contributed by atoms with Gasteiger partial charge in [0.15, 0.2) is 0 Å². The quantitative estimate of drug-likeness (QED) is 0.159. The first kappa shape index (κ1) is 30.8. The number of rotatable bonds is 6. The third-order valence-electron chi connectivity index (χ3n) is 10.6. The van der Waals surface area contributed by atoms with Crippen molar-refractivity contribution in [2.75, 3.05) is 4.90 Å². The Morgan fingerprint density at radius 3 is 1.42 bits per heavy atom. The maximum Gasteiger partial charge on any atom is 0.0540 e. The molecule has 0 aliphatic rings. The van der Waals surface area contributed by atoms with E-state index in [2.05, 4.69) is 217 Å². The van der Waals surface area contributed by atoms with Crippen molar-refractivity contribution in [2.24, 2.45) is 0 Å². The lowest BCUT2D eigenvalue weighted by atomic mass is 9.85. The van der Waals surface area contributed by atoms with Crippen LogP contribution in [-0.2, 0) is 0 Å². The summed E-state index contributed by atoms with van der Waals surface area (Å²) in [5.74, 6) is 0. The molecule has 1 nitrogen and oxygen atoms in total. The van der Waals surface area contributed by atoms with E-state index in [1.54, 1.807) is 0 Å². The van der Waals surface area contributed by atoms with Gasteiger partial charge in [-0.1, -0.05) is 182 Å². The summed E-state index contributed by atoms with van der Waals surface area (Å²) in [5.41, 5.74) is 10.6. The van der Waals surface area contributed by atoms with Crippen LogP contribution in [0.2, 0.25) is 0 Å². The van der Waals surface area contributed by atoms with Crippen LogP contribution in [0.3, 0.4) is 0 Å². The van der Waals surface area contributed by atoms with Crippen LogP contribution in [0.25, 0.3) is 76.5 Å². The Hall–Kier alpha value is -6.96. The molecule has 10 rings (SSSR count). The number of hydrogen-bond donors (Lipinski definition) is 0. The Balaban J connectivity index is 1.19. The van der Waals surface area contributed by atoms with Crippen LogP contribution in [0.1, 0.15) is 0 Å². The van der Waals surface area contributed by atoms with Crippen molar-refractivity contribution < 1.29 is 0 Å². The summed E-state index contributed by atoms with van der Waals surface area (Å²) in [7, 11) is 0. The Morgan fingerprint density at radius 1 is 0.264 bits per heavy atom. The fraction of sp³-hybridized carbons (Fsp3) is 0. The molecule has 0 saturated carbocycles. The molecule has 0 aromatic heterocycles. The van der Waals surface area contributed by atoms with Crippen LogP contribution >= 0.6 is 0 Å². The van der Waals surface area contributed by atoms with E-state index in [-0.39, 0.29) is 0 Å². The second-order valence-corrected chi connectivity index (χ2v) is 13.7. The number of nitrogens with zero attached hydrogens (tertiary/aromatic N) is 1. The molecule has 53 heavy (non-hydrogen) atoms. The lowest BCUT2D eigenvalue weighted by Crippen LogP contribution is -2.11. The zero-order chi connectivity index (χ0) is 35.1. The van der Waals surface area contributed by atoms with Crippen LogP contribution < -0.4 is 4.90 Å². The fourth-order valence-corrected chi connectivity index (χ4v) is 8.22. The van der Waals surface area contributed by atoms with Crippen LogP contribution in [0.15, 0.2) is 212 Å². The van der Waals surface area contributed by atoms with Gasteiger partial charge in [0.25, 0.3) is 0 Å². The van der Waals surface area contributed by atoms with Gasteiger partial charge in [0.05, 0.1) is 5.69 Å². The molecule has 0 amide bonds. The predicted molar refractivity (Wildman–Crippen MR) is 227 cm³/mol. The predicted octanol–water partition coefficient (Wildman–Crippen LogP) is 14.8. The lowest BCUT2D eigenvalue weighted by molar-refractivity contribution is 1.29. The monoisotopic (exact) mass is 673 g/mol. The molecule has 0 N–H and O–H groups in total. The summed E-state index contributed by atoms with van der Waals surface area (Å²) >= 11 is 0. The normalized spacial score (nSPS) is 11.4. The van der Waals surface area contributed by atoms with Gasteiger partial charge in [-0.2, -0.15) is 0 Å². The smallest absolute Gasteiger partial charge is 0.0540 e. The third-order valence-corrected chi connectivity index (χ3v) is 10.6. The zero-order valence-electron chi connectivity index (χ0n) is 29.2. The first-order valence-electron chi connectivity index (χ1n) is 18.3. The van der Waals surface area contributed by atoms with E-state index in [9.17, 15) is 0 Å². The van der Waals surface area contributed by atoms with Crippen molar-refractivity contribution in [3.8, 4) is 33.4 Å². The Kier molecular flexibility index (Phi) is 7.55. The summed E-state index contributed by atoms with van der Waals surface area (Å²) in [6.07, 6.45) is 0. The minimum Gasteiger partial charge on any atom is -0.310 e. The van der Waals surface area contributed by atoms with Crippen molar-refractivity contribution in [1.29, 1.82) is 0 Å². The molecule has 10 aromatic rings. The van der Waals surface area contributed by atoms with E-state index < -0.39 is 0 Å². The molecule has 0 aliphatic carbocycles. The molecule has 0 fully saturated rings. The molecule has 0 aliphatic heterocycles. The van der Waals surface area contributed by atoms with Gasteiger partial charge in [-0.3, -0.25) is 0 Å². The van der Waals surface area contributed by atoms with Crippen LogP contribution in [0.5, 0.6) is 0 Å². The average molecular weight is 674 g/mol. The zero-order valence-corrected chi connectivity index (χ0v) is 29.2. The first-order chi connectivity index (χ1) is 26.3. The lowest BCUT2D eigenvalue weighted by Gasteiger charge is -2.28. The van der Waals surface area contributed by atoms with Crippen molar-refractivity contribution in [3.05, 3.63) is 212 Å². The fourth-order valence-electron chi connectivity index (χ4n) is 8.22. The van der Waals surface area contributed by atoms with E-state index in [1.165, 1.54) is 76.5 Å². The van der Waals surface area contributed by atoms with Gasteiger partial charge in [-0.25, -0.2) is 0 Å². The molecule has 0 atom stereocenters. The SMILES string of the molecule is c1ccc(-c2ccccc2N(c2ccc(-c3c(-c4ccccc4)c4ccccc4c4ccccc34)cc2)c2ccc3c(ccc4ccccc43)c2)cc1.